The van der Waals surface area contributed by atoms with E-state index in [1.54, 1.807) is 7.11 Å². The number of carbonyl (C=O) groups is 1. The first-order valence-corrected chi connectivity index (χ1v) is 8.71. The van der Waals surface area contributed by atoms with Gasteiger partial charge in [0.2, 0.25) is 11.7 Å². The number of ether oxygens (including phenoxy) is 1. The van der Waals surface area contributed by atoms with Crippen molar-refractivity contribution in [1.29, 1.82) is 0 Å². The number of aromatic nitrogens is 6. The van der Waals surface area contributed by atoms with Crippen LogP contribution in [0.3, 0.4) is 0 Å². The van der Waals surface area contributed by atoms with Gasteiger partial charge in [-0.2, -0.15) is 4.80 Å². The molecule has 0 spiro atoms. The van der Waals surface area contributed by atoms with Crippen molar-refractivity contribution in [2.24, 2.45) is 0 Å². The molecule has 2 heterocycles. The number of nitrogens with one attached hydrogen (secondary N) is 2. The molecule has 2 aromatic heterocycles. The van der Waals surface area contributed by atoms with E-state index in [1.165, 1.54) is 4.80 Å². The summed E-state index contributed by atoms with van der Waals surface area (Å²) in [6, 6.07) is 11.3. The van der Waals surface area contributed by atoms with E-state index in [4.69, 9.17) is 4.74 Å². The van der Waals surface area contributed by atoms with Crippen LogP contribution in [-0.2, 0) is 11.3 Å². The number of carbonyl (C=O) groups excluding carboxylic acids is 1. The SMILES string of the molecule is COc1ccc(C)cc1NC(=O)Cn1nnc(-c2ccc3nc(C)[nH]c3c2)n1. The van der Waals surface area contributed by atoms with Crippen molar-refractivity contribution in [2.75, 3.05) is 12.4 Å². The smallest absolute Gasteiger partial charge is 0.248 e. The zero-order valence-electron chi connectivity index (χ0n) is 15.7. The first-order chi connectivity index (χ1) is 13.5. The summed E-state index contributed by atoms with van der Waals surface area (Å²) < 4.78 is 5.28. The van der Waals surface area contributed by atoms with Gasteiger partial charge in [-0.1, -0.05) is 6.07 Å². The van der Waals surface area contributed by atoms with Crippen LogP contribution in [0, 0.1) is 13.8 Å². The Morgan fingerprint density at radius 2 is 2.07 bits per heavy atom. The Morgan fingerprint density at radius 3 is 2.89 bits per heavy atom. The Labute approximate surface area is 160 Å². The Morgan fingerprint density at radius 1 is 1.21 bits per heavy atom. The molecule has 0 bridgehead atoms. The van der Waals surface area contributed by atoms with Crippen LogP contribution in [0.4, 0.5) is 5.69 Å². The summed E-state index contributed by atoms with van der Waals surface area (Å²) in [6.07, 6.45) is 0. The molecule has 0 fully saturated rings. The molecular weight excluding hydrogens is 358 g/mol. The third-order valence-electron chi connectivity index (χ3n) is 4.23. The van der Waals surface area contributed by atoms with Crippen LogP contribution in [-0.4, -0.2) is 43.2 Å². The summed E-state index contributed by atoms with van der Waals surface area (Å²) in [7, 11) is 1.56. The van der Waals surface area contributed by atoms with Crippen LogP contribution in [0.1, 0.15) is 11.4 Å². The normalized spacial score (nSPS) is 11.0. The van der Waals surface area contributed by atoms with Gasteiger partial charge < -0.3 is 15.0 Å². The Kier molecular flexibility index (Phi) is 4.48. The highest BCUT2D eigenvalue weighted by Gasteiger charge is 2.13. The van der Waals surface area contributed by atoms with Gasteiger partial charge in [0, 0.05) is 5.56 Å². The first-order valence-electron chi connectivity index (χ1n) is 8.71. The minimum absolute atomic E-state index is 0.0600. The van der Waals surface area contributed by atoms with Crippen LogP contribution in [0.25, 0.3) is 22.4 Å². The average Bonchev–Trinajstić information content (AvgIpc) is 3.26. The van der Waals surface area contributed by atoms with Gasteiger partial charge in [-0.15, -0.1) is 10.2 Å². The molecule has 0 radical (unpaired) electrons. The molecule has 2 N–H and O–H groups in total. The number of hydrogen-bond donors (Lipinski definition) is 2. The average molecular weight is 377 g/mol. The van der Waals surface area contributed by atoms with Crippen LogP contribution in [0.2, 0.25) is 0 Å². The topological polar surface area (TPSA) is 111 Å². The van der Waals surface area contributed by atoms with Gasteiger partial charge in [0.15, 0.2) is 0 Å². The molecule has 0 saturated heterocycles. The number of anilines is 1. The molecule has 0 unspecified atom stereocenters. The zero-order chi connectivity index (χ0) is 19.7. The maximum Gasteiger partial charge on any atom is 0.248 e. The highest BCUT2D eigenvalue weighted by Crippen LogP contribution is 2.25. The minimum atomic E-state index is -0.271. The number of benzene rings is 2. The number of hydrogen-bond acceptors (Lipinski definition) is 6. The van der Waals surface area contributed by atoms with Gasteiger partial charge in [-0.3, -0.25) is 4.79 Å². The molecule has 142 valence electrons. The molecule has 9 heteroatoms. The summed E-state index contributed by atoms with van der Waals surface area (Å²) in [5.74, 6) is 1.60. The predicted molar refractivity (Wildman–Crippen MR) is 104 cm³/mol. The van der Waals surface area contributed by atoms with E-state index in [0.717, 1.165) is 28.0 Å². The van der Waals surface area contributed by atoms with E-state index in [2.05, 4.69) is 30.7 Å². The lowest BCUT2D eigenvalue weighted by Gasteiger charge is -2.10. The van der Waals surface area contributed by atoms with Gasteiger partial charge in [-0.25, -0.2) is 4.98 Å². The quantitative estimate of drug-likeness (QED) is 0.553. The van der Waals surface area contributed by atoms with Gasteiger partial charge in [0.25, 0.3) is 0 Å². The summed E-state index contributed by atoms with van der Waals surface area (Å²) in [4.78, 5) is 21.2. The molecule has 0 aliphatic carbocycles. The summed E-state index contributed by atoms with van der Waals surface area (Å²) in [5, 5.41) is 15.2. The van der Waals surface area contributed by atoms with E-state index in [0.29, 0.717) is 17.3 Å². The van der Waals surface area contributed by atoms with Crippen molar-refractivity contribution in [3.8, 4) is 17.1 Å². The zero-order valence-corrected chi connectivity index (χ0v) is 15.7. The maximum atomic E-state index is 12.4. The number of methoxy groups -OCH3 is 1. The fourth-order valence-electron chi connectivity index (χ4n) is 2.94. The number of nitrogens with zero attached hydrogens (tertiary/aromatic N) is 5. The number of rotatable bonds is 5. The molecule has 28 heavy (non-hydrogen) atoms. The van der Waals surface area contributed by atoms with E-state index in [-0.39, 0.29) is 12.5 Å². The number of aromatic amines is 1. The lowest BCUT2D eigenvalue weighted by molar-refractivity contribution is -0.117. The van der Waals surface area contributed by atoms with Crippen LogP contribution in [0.5, 0.6) is 5.75 Å². The van der Waals surface area contributed by atoms with Crippen LogP contribution < -0.4 is 10.1 Å². The largest absolute Gasteiger partial charge is 0.495 e. The maximum absolute atomic E-state index is 12.4. The summed E-state index contributed by atoms with van der Waals surface area (Å²) in [6.45, 7) is 3.78. The standard InChI is InChI=1S/C19H19N7O2/c1-11-4-7-17(28-3)16(8-11)22-18(27)10-26-24-19(23-25-26)13-5-6-14-15(9-13)21-12(2)20-14/h4-9H,10H2,1-3H3,(H,20,21)(H,22,27). The first kappa shape index (κ1) is 17.7. The second kappa shape index (κ2) is 7.10. The lowest BCUT2D eigenvalue weighted by Crippen LogP contribution is -2.20. The number of tetrazole rings is 1. The molecule has 0 aliphatic rings. The van der Waals surface area contributed by atoms with Gasteiger partial charge in [0.05, 0.1) is 23.8 Å². The van der Waals surface area contributed by atoms with Crippen molar-refractivity contribution >= 4 is 22.6 Å². The van der Waals surface area contributed by atoms with E-state index in [1.807, 2.05) is 50.2 Å². The third-order valence-corrected chi connectivity index (χ3v) is 4.23. The van der Waals surface area contributed by atoms with Crippen molar-refractivity contribution in [1.82, 2.24) is 30.2 Å². The van der Waals surface area contributed by atoms with Gasteiger partial charge in [0.1, 0.15) is 18.1 Å². The van der Waals surface area contributed by atoms with Crippen LogP contribution >= 0.6 is 0 Å². The van der Waals surface area contributed by atoms with Gasteiger partial charge >= 0.3 is 0 Å². The second-order valence-electron chi connectivity index (χ2n) is 6.45. The molecule has 0 atom stereocenters. The molecule has 0 saturated carbocycles. The molecular formula is C19H19N7O2. The van der Waals surface area contributed by atoms with E-state index in [9.17, 15) is 4.79 Å². The minimum Gasteiger partial charge on any atom is -0.495 e. The van der Waals surface area contributed by atoms with Crippen molar-refractivity contribution in [3.63, 3.8) is 0 Å². The van der Waals surface area contributed by atoms with Crippen molar-refractivity contribution in [3.05, 3.63) is 47.8 Å². The molecule has 1 amide bonds. The summed E-state index contributed by atoms with van der Waals surface area (Å²) >= 11 is 0. The van der Waals surface area contributed by atoms with Crippen molar-refractivity contribution < 1.29 is 9.53 Å². The number of aryl methyl sites for hydroxylation is 2. The van der Waals surface area contributed by atoms with E-state index < -0.39 is 0 Å². The second-order valence-corrected chi connectivity index (χ2v) is 6.45. The summed E-state index contributed by atoms with van der Waals surface area (Å²) in [5.41, 5.74) is 4.19. The molecule has 4 aromatic rings. The fraction of sp³-hybridized carbons (Fsp3) is 0.211. The number of fused-ring (bicyclic) bond motifs is 1. The lowest BCUT2D eigenvalue weighted by atomic mass is 10.2. The third kappa shape index (κ3) is 3.54. The Hall–Kier alpha value is -3.75. The number of H-pyrrole nitrogens is 1. The highest BCUT2D eigenvalue weighted by atomic mass is 16.5. The number of amides is 1. The predicted octanol–water partition coefficient (Wildman–Crippen LogP) is 2.48. The van der Waals surface area contributed by atoms with Crippen molar-refractivity contribution in [2.45, 2.75) is 20.4 Å². The van der Waals surface area contributed by atoms with Gasteiger partial charge in [-0.05, 0) is 55.0 Å². The van der Waals surface area contributed by atoms with Crippen LogP contribution in [0.15, 0.2) is 36.4 Å². The Balaban J connectivity index is 1.49. The number of imidazole rings is 1. The molecule has 9 nitrogen and oxygen atoms in total. The Bertz CT molecular complexity index is 1160. The highest BCUT2D eigenvalue weighted by molar-refractivity contribution is 5.92. The molecule has 2 aromatic carbocycles. The molecule has 0 aliphatic heterocycles. The monoisotopic (exact) mass is 377 g/mol. The molecule has 4 rings (SSSR count). The fourth-order valence-corrected chi connectivity index (χ4v) is 2.94. The van der Waals surface area contributed by atoms with E-state index >= 15 is 0 Å².